The molecule has 12 nitrogen and oxygen atoms in total. The van der Waals surface area contributed by atoms with Crippen molar-refractivity contribution in [1.82, 2.24) is 9.21 Å². The van der Waals surface area contributed by atoms with Gasteiger partial charge in [-0.3, -0.25) is 14.9 Å². The lowest BCUT2D eigenvalue weighted by molar-refractivity contribution is -0.387. The number of nitrogens with zero attached hydrogens (tertiary/aromatic N) is 3. The Morgan fingerprint density at radius 3 is 2.03 bits per heavy atom. The predicted molar refractivity (Wildman–Crippen MR) is 109 cm³/mol. The van der Waals surface area contributed by atoms with Gasteiger partial charge < -0.3 is 15.1 Å². The van der Waals surface area contributed by atoms with Crippen LogP contribution in [0.25, 0.3) is 0 Å². The van der Waals surface area contributed by atoms with E-state index in [2.05, 4.69) is 0 Å². The molecule has 2 aromatic carbocycles. The fourth-order valence-electron chi connectivity index (χ4n) is 2.90. The summed E-state index contributed by atoms with van der Waals surface area (Å²) in [6.07, 6.45) is 0. The van der Waals surface area contributed by atoms with Crippen LogP contribution in [0.15, 0.2) is 53.4 Å². The maximum absolute atomic E-state index is 13.3. The quantitative estimate of drug-likeness (QED) is 0.365. The second-order valence-electron chi connectivity index (χ2n) is 6.54. The maximum atomic E-state index is 13.3. The second kappa shape index (κ2) is 10.6. The van der Waals surface area contributed by atoms with Gasteiger partial charge in [-0.1, -0.05) is 18.2 Å². The van der Waals surface area contributed by atoms with Gasteiger partial charge in [0.05, 0.1) is 4.92 Å². The average molecular weight is 483 g/mol. The van der Waals surface area contributed by atoms with E-state index in [0.717, 1.165) is 16.4 Å². The van der Waals surface area contributed by atoms with Crippen molar-refractivity contribution in [2.75, 3.05) is 26.2 Å². The molecule has 0 unspecified atom stereocenters. The van der Waals surface area contributed by atoms with Crippen molar-refractivity contribution in [2.45, 2.75) is 4.90 Å². The minimum absolute atomic E-state index is 0.00453. The van der Waals surface area contributed by atoms with Crippen LogP contribution in [0.3, 0.4) is 0 Å². The minimum Gasteiger partial charge on any atom is -0.473 e. The summed E-state index contributed by atoms with van der Waals surface area (Å²) in [5, 5.41) is 25.9. The monoisotopic (exact) mass is 483 g/mol. The molecule has 1 aliphatic rings. The third kappa shape index (κ3) is 6.30. The first-order valence-electron chi connectivity index (χ1n) is 9.19. The summed E-state index contributed by atoms with van der Waals surface area (Å²) in [6, 6.07) is 10.4. The zero-order valence-electron chi connectivity index (χ0n) is 16.8. The van der Waals surface area contributed by atoms with Crippen LogP contribution in [0.1, 0.15) is 10.4 Å². The molecule has 0 saturated carbocycles. The van der Waals surface area contributed by atoms with E-state index in [-0.39, 0.29) is 36.6 Å². The number of carboxylic acid groups (broad SMARTS) is 2. The van der Waals surface area contributed by atoms with Crippen molar-refractivity contribution in [3.63, 3.8) is 0 Å². The van der Waals surface area contributed by atoms with Gasteiger partial charge in [-0.05, 0) is 24.3 Å². The molecule has 1 aliphatic heterocycles. The number of aliphatic carboxylic acids is 2. The van der Waals surface area contributed by atoms with Gasteiger partial charge in [0.2, 0.25) is 10.0 Å². The first-order chi connectivity index (χ1) is 15.4. The van der Waals surface area contributed by atoms with Crippen molar-refractivity contribution in [3.05, 3.63) is 70.0 Å². The fourth-order valence-corrected chi connectivity index (χ4v) is 4.48. The Kier molecular flexibility index (Phi) is 8.15. The zero-order chi connectivity index (χ0) is 24.8. The van der Waals surface area contributed by atoms with Gasteiger partial charge in [-0.2, -0.15) is 4.31 Å². The first-order valence-corrected chi connectivity index (χ1v) is 10.6. The molecule has 0 aromatic heterocycles. The number of halogens is 1. The van der Waals surface area contributed by atoms with Gasteiger partial charge in [0.15, 0.2) is 4.90 Å². The van der Waals surface area contributed by atoms with Crippen LogP contribution >= 0.6 is 0 Å². The number of sulfonamides is 1. The topological polar surface area (TPSA) is 175 Å². The molecular weight excluding hydrogens is 465 g/mol. The lowest BCUT2D eigenvalue weighted by Gasteiger charge is -2.34. The number of rotatable bonds is 4. The van der Waals surface area contributed by atoms with Gasteiger partial charge >= 0.3 is 11.9 Å². The zero-order valence-corrected chi connectivity index (χ0v) is 17.6. The molecule has 1 heterocycles. The van der Waals surface area contributed by atoms with Crippen molar-refractivity contribution >= 4 is 33.6 Å². The molecule has 33 heavy (non-hydrogen) atoms. The fraction of sp³-hybridized carbons (Fsp3) is 0.211. The molecule has 2 aromatic rings. The van der Waals surface area contributed by atoms with Crippen molar-refractivity contribution in [2.24, 2.45) is 0 Å². The molecule has 14 heteroatoms. The molecule has 0 radical (unpaired) electrons. The van der Waals surface area contributed by atoms with Crippen molar-refractivity contribution in [1.29, 1.82) is 0 Å². The van der Waals surface area contributed by atoms with Crippen molar-refractivity contribution < 1.29 is 42.3 Å². The number of hydrogen-bond acceptors (Lipinski definition) is 7. The van der Waals surface area contributed by atoms with Crippen LogP contribution in [-0.2, 0) is 19.6 Å². The van der Waals surface area contributed by atoms with Crippen LogP contribution < -0.4 is 0 Å². The average Bonchev–Trinajstić information content (AvgIpc) is 2.79. The first kappa shape index (κ1) is 25.4. The third-order valence-electron chi connectivity index (χ3n) is 4.46. The number of nitro benzene ring substituents is 1. The summed E-state index contributed by atoms with van der Waals surface area (Å²) in [6.45, 7) is 0.204. The molecule has 0 spiro atoms. The Morgan fingerprint density at radius 2 is 1.52 bits per heavy atom. The lowest BCUT2D eigenvalue weighted by atomic mass is 10.2. The largest absolute Gasteiger partial charge is 0.473 e. The molecular formula is C19H18FN3O9S. The number of carboxylic acids is 2. The Labute approximate surface area is 186 Å². The number of amides is 1. The van der Waals surface area contributed by atoms with Crippen LogP contribution in [0.4, 0.5) is 10.1 Å². The second-order valence-corrected chi connectivity index (χ2v) is 8.45. The highest BCUT2D eigenvalue weighted by Crippen LogP contribution is 2.27. The molecule has 2 N–H and O–H groups in total. The highest BCUT2D eigenvalue weighted by Gasteiger charge is 2.34. The molecule has 1 fully saturated rings. The molecule has 1 saturated heterocycles. The van der Waals surface area contributed by atoms with Crippen molar-refractivity contribution in [3.8, 4) is 0 Å². The molecule has 3 rings (SSSR count). The number of carbonyl (C=O) groups excluding carboxylic acids is 1. The number of carbonyl (C=O) groups is 3. The van der Waals surface area contributed by atoms with Gasteiger partial charge in [0, 0.05) is 37.8 Å². The summed E-state index contributed by atoms with van der Waals surface area (Å²) in [4.78, 5) is 42.1. The highest BCUT2D eigenvalue weighted by molar-refractivity contribution is 7.89. The minimum atomic E-state index is -4.06. The van der Waals surface area contributed by atoms with E-state index in [1.165, 1.54) is 41.3 Å². The van der Waals surface area contributed by atoms with Crippen LogP contribution in [-0.4, -0.2) is 76.8 Å². The Morgan fingerprint density at radius 1 is 0.939 bits per heavy atom. The van der Waals surface area contributed by atoms with E-state index in [0.29, 0.717) is 0 Å². The van der Waals surface area contributed by atoms with Gasteiger partial charge in [0.25, 0.3) is 11.6 Å². The maximum Gasteiger partial charge on any atom is 0.414 e. The number of piperazine rings is 1. The number of hydrogen-bond donors (Lipinski definition) is 2. The SMILES string of the molecule is O=C(O)C(=O)O.O=C(c1cccc(F)c1)N1CCN(S(=O)(=O)c2ccccc2[N+](=O)[O-])CC1. The van der Waals surface area contributed by atoms with Crippen LogP contribution in [0.5, 0.6) is 0 Å². The molecule has 0 aliphatic carbocycles. The third-order valence-corrected chi connectivity index (χ3v) is 6.41. The predicted octanol–water partition coefficient (Wildman–Crippen LogP) is 1.04. The number of benzene rings is 2. The summed E-state index contributed by atoms with van der Waals surface area (Å²) >= 11 is 0. The normalized spacial score (nSPS) is 14.0. The van der Waals surface area contributed by atoms with Gasteiger partial charge in [-0.25, -0.2) is 22.4 Å². The van der Waals surface area contributed by atoms with E-state index in [9.17, 15) is 27.7 Å². The summed E-state index contributed by atoms with van der Waals surface area (Å²) < 4.78 is 40.0. The number of nitro groups is 1. The van der Waals surface area contributed by atoms with E-state index < -0.39 is 44.3 Å². The van der Waals surface area contributed by atoms with Crippen LogP contribution in [0, 0.1) is 15.9 Å². The summed E-state index contributed by atoms with van der Waals surface area (Å²) in [5.41, 5.74) is -0.305. The van der Waals surface area contributed by atoms with E-state index in [1.54, 1.807) is 0 Å². The standard InChI is InChI=1S/C17H16FN3O5S.C2H2O4/c18-14-5-3-4-13(12-14)17(22)19-8-10-20(11-9-19)27(25,26)16-7-2-1-6-15(16)21(23)24;3-1(4)2(5)6/h1-7,12H,8-11H2;(H,3,4)(H,5,6). The van der Waals surface area contributed by atoms with Crippen LogP contribution in [0.2, 0.25) is 0 Å². The van der Waals surface area contributed by atoms with E-state index in [1.807, 2.05) is 0 Å². The number of para-hydroxylation sites is 1. The molecule has 1 amide bonds. The molecule has 0 atom stereocenters. The lowest BCUT2D eigenvalue weighted by Crippen LogP contribution is -2.50. The summed E-state index contributed by atoms with van der Waals surface area (Å²) in [7, 11) is -4.06. The summed E-state index contributed by atoms with van der Waals surface area (Å²) in [5.74, 6) is -4.57. The Balaban J connectivity index is 0.000000569. The highest BCUT2D eigenvalue weighted by atomic mass is 32.2. The molecule has 176 valence electrons. The Bertz CT molecular complexity index is 1170. The molecule has 0 bridgehead atoms. The van der Waals surface area contributed by atoms with E-state index >= 15 is 0 Å². The van der Waals surface area contributed by atoms with Gasteiger partial charge in [-0.15, -0.1) is 0 Å². The van der Waals surface area contributed by atoms with Gasteiger partial charge in [0.1, 0.15) is 5.82 Å². The Hall–Kier alpha value is -3.91. The van der Waals surface area contributed by atoms with E-state index in [4.69, 9.17) is 19.8 Å². The smallest absolute Gasteiger partial charge is 0.414 e.